The first-order chi connectivity index (χ1) is 12.0. The van der Waals surface area contributed by atoms with Gasteiger partial charge >= 0.3 is 0 Å². The number of carbonyl (C=O) groups is 1. The smallest absolute Gasteiger partial charge is 0.277 e. The molecule has 25 heavy (non-hydrogen) atoms. The van der Waals surface area contributed by atoms with Gasteiger partial charge in [-0.2, -0.15) is 0 Å². The van der Waals surface area contributed by atoms with E-state index in [1.807, 2.05) is 69.3 Å². The van der Waals surface area contributed by atoms with E-state index in [1.54, 1.807) is 0 Å². The van der Waals surface area contributed by atoms with Gasteiger partial charge in [0.25, 0.3) is 5.22 Å². The predicted octanol–water partition coefficient (Wildman–Crippen LogP) is 4.47. The van der Waals surface area contributed by atoms with Gasteiger partial charge in [0.1, 0.15) is 0 Å². The number of aryl methyl sites for hydroxylation is 2. The second kappa shape index (κ2) is 7.53. The quantitative estimate of drug-likeness (QED) is 0.685. The zero-order valence-electron chi connectivity index (χ0n) is 14.3. The lowest BCUT2D eigenvalue weighted by Crippen LogP contribution is -2.22. The Morgan fingerprint density at radius 2 is 1.60 bits per heavy atom. The Labute approximate surface area is 150 Å². The van der Waals surface area contributed by atoms with Crippen LogP contribution in [0.25, 0.3) is 11.5 Å². The van der Waals surface area contributed by atoms with Gasteiger partial charge in [0.2, 0.25) is 11.8 Å². The molecule has 2 aromatic carbocycles. The number of benzene rings is 2. The fourth-order valence-corrected chi connectivity index (χ4v) is 2.84. The highest BCUT2D eigenvalue weighted by Crippen LogP contribution is 2.27. The normalized spacial score (nSPS) is 12.0. The van der Waals surface area contributed by atoms with Crippen molar-refractivity contribution in [2.45, 2.75) is 31.2 Å². The summed E-state index contributed by atoms with van der Waals surface area (Å²) in [5, 5.41) is 11.0. The first kappa shape index (κ1) is 17.2. The summed E-state index contributed by atoms with van der Waals surface area (Å²) < 4.78 is 5.66. The van der Waals surface area contributed by atoms with Crippen molar-refractivity contribution in [3.63, 3.8) is 0 Å². The summed E-state index contributed by atoms with van der Waals surface area (Å²) in [5.41, 5.74) is 3.95. The van der Waals surface area contributed by atoms with E-state index in [-0.39, 0.29) is 11.2 Å². The van der Waals surface area contributed by atoms with Crippen molar-refractivity contribution in [1.82, 2.24) is 10.2 Å². The van der Waals surface area contributed by atoms with Crippen LogP contribution in [0.3, 0.4) is 0 Å². The largest absolute Gasteiger partial charge is 0.411 e. The SMILES string of the molecule is Cc1ccc(NC(=O)[C@@H](C)Sc2nnc(-c3ccc(C)cc3)o2)cc1. The van der Waals surface area contributed by atoms with Gasteiger partial charge in [0.15, 0.2) is 0 Å². The van der Waals surface area contributed by atoms with Crippen LogP contribution < -0.4 is 5.32 Å². The highest BCUT2D eigenvalue weighted by atomic mass is 32.2. The van der Waals surface area contributed by atoms with E-state index in [0.29, 0.717) is 11.1 Å². The molecule has 3 aromatic rings. The average molecular weight is 353 g/mol. The highest BCUT2D eigenvalue weighted by molar-refractivity contribution is 8.00. The third-order valence-electron chi connectivity index (χ3n) is 3.67. The fraction of sp³-hybridized carbons (Fsp3) is 0.211. The number of aromatic nitrogens is 2. The summed E-state index contributed by atoms with van der Waals surface area (Å²) in [5.74, 6) is 0.345. The molecule has 3 rings (SSSR count). The van der Waals surface area contributed by atoms with Crippen LogP contribution in [0.15, 0.2) is 58.2 Å². The van der Waals surface area contributed by atoms with E-state index in [1.165, 1.54) is 17.3 Å². The van der Waals surface area contributed by atoms with Gasteiger partial charge in [-0.15, -0.1) is 10.2 Å². The summed E-state index contributed by atoms with van der Waals surface area (Å²) >= 11 is 1.24. The molecule has 0 aliphatic heterocycles. The summed E-state index contributed by atoms with van der Waals surface area (Å²) in [7, 11) is 0. The molecule has 1 amide bonds. The molecule has 0 unspecified atom stereocenters. The molecule has 1 aromatic heterocycles. The number of hydrogen-bond donors (Lipinski definition) is 1. The van der Waals surface area contributed by atoms with Crippen LogP contribution in [0, 0.1) is 13.8 Å². The molecule has 5 nitrogen and oxygen atoms in total. The molecule has 0 radical (unpaired) electrons. The minimum atomic E-state index is -0.354. The molecule has 0 spiro atoms. The fourth-order valence-electron chi connectivity index (χ4n) is 2.16. The van der Waals surface area contributed by atoms with Gasteiger partial charge in [-0.05, 0) is 45.0 Å². The van der Waals surface area contributed by atoms with Crippen molar-refractivity contribution in [3.05, 3.63) is 59.7 Å². The minimum absolute atomic E-state index is 0.107. The van der Waals surface area contributed by atoms with Crippen molar-refractivity contribution in [2.75, 3.05) is 5.32 Å². The maximum Gasteiger partial charge on any atom is 0.277 e. The van der Waals surface area contributed by atoms with E-state index in [9.17, 15) is 4.79 Å². The number of nitrogens with one attached hydrogen (secondary N) is 1. The Bertz CT molecular complexity index is 857. The van der Waals surface area contributed by atoms with Crippen LogP contribution in [0.1, 0.15) is 18.1 Å². The third kappa shape index (κ3) is 4.48. The first-order valence-corrected chi connectivity index (χ1v) is 8.84. The van der Waals surface area contributed by atoms with E-state index in [2.05, 4.69) is 15.5 Å². The van der Waals surface area contributed by atoms with E-state index in [0.717, 1.165) is 16.8 Å². The van der Waals surface area contributed by atoms with Gasteiger partial charge in [-0.1, -0.05) is 47.2 Å². The van der Waals surface area contributed by atoms with Crippen LogP contribution in [0.5, 0.6) is 0 Å². The van der Waals surface area contributed by atoms with Crippen LogP contribution in [-0.2, 0) is 4.79 Å². The Kier molecular flexibility index (Phi) is 5.19. The Balaban J connectivity index is 1.62. The number of thioether (sulfide) groups is 1. The maximum absolute atomic E-state index is 12.3. The Morgan fingerprint density at radius 3 is 2.24 bits per heavy atom. The Hall–Kier alpha value is -2.60. The van der Waals surface area contributed by atoms with Crippen molar-refractivity contribution in [2.24, 2.45) is 0 Å². The minimum Gasteiger partial charge on any atom is -0.411 e. The number of rotatable bonds is 5. The second-order valence-corrected chi connectivity index (χ2v) is 7.15. The molecule has 0 aliphatic rings. The molecule has 0 bridgehead atoms. The summed E-state index contributed by atoms with van der Waals surface area (Å²) in [6, 6.07) is 15.5. The van der Waals surface area contributed by atoms with Gasteiger partial charge < -0.3 is 9.73 Å². The van der Waals surface area contributed by atoms with Crippen molar-refractivity contribution in [1.29, 1.82) is 0 Å². The molecular formula is C19H19N3O2S. The van der Waals surface area contributed by atoms with E-state index < -0.39 is 0 Å². The summed E-state index contributed by atoms with van der Waals surface area (Å²) in [4.78, 5) is 12.3. The Morgan fingerprint density at radius 1 is 1.00 bits per heavy atom. The van der Waals surface area contributed by atoms with Crippen LogP contribution in [0.2, 0.25) is 0 Å². The molecule has 1 heterocycles. The molecule has 6 heteroatoms. The number of carbonyl (C=O) groups excluding carboxylic acids is 1. The first-order valence-electron chi connectivity index (χ1n) is 7.96. The third-order valence-corrected chi connectivity index (χ3v) is 4.61. The van der Waals surface area contributed by atoms with Crippen molar-refractivity contribution >= 4 is 23.4 Å². The zero-order chi connectivity index (χ0) is 17.8. The van der Waals surface area contributed by atoms with Gasteiger partial charge in [-0.25, -0.2) is 0 Å². The number of hydrogen-bond acceptors (Lipinski definition) is 5. The number of anilines is 1. The topological polar surface area (TPSA) is 68.0 Å². The van der Waals surface area contributed by atoms with Crippen molar-refractivity contribution in [3.8, 4) is 11.5 Å². The van der Waals surface area contributed by atoms with Gasteiger partial charge in [-0.3, -0.25) is 4.79 Å². The zero-order valence-corrected chi connectivity index (χ0v) is 15.1. The van der Waals surface area contributed by atoms with Crippen molar-refractivity contribution < 1.29 is 9.21 Å². The lowest BCUT2D eigenvalue weighted by molar-refractivity contribution is -0.115. The van der Waals surface area contributed by atoms with Crippen LogP contribution in [-0.4, -0.2) is 21.4 Å². The predicted molar refractivity (Wildman–Crippen MR) is 99.6 cm³/mol. The van der Waals surface area contributed by atoms with Gasteiger partial charge in [0, 0.05) is 11.3 Å². The molecule has 0 saturated heterocycles. The second-order valence-electron chi connectivity index (χ2n) is 5.85. The molecule has 1 N–H and O–H groups in total. The number of nitrogens with zero attached hydrogens (tertiary/aromatic N) is 2. The van der Waals surface area contributed by atoms with E-state index in [4.69, 9.17) is 4.42 Å². The lowest BCUT2D eigenvalue weighted by atomic mass is 10.1. The lowest BCUT2D eigenvalue weighted by Gasteiger charge is -2.10. The molecule has 0 aliphatic carbocycles. The average Bonchev–Trinajstić information content (AvgIpc) is 3.06. The maximum atomic E-state index is 12.3. The van der Waals surface area contributed by atoms with Gasteiger partial charge in [0.05, 0.1) is 5.25 Å². The number of amides is 1. The van der Waals surface area contributed by atoms with Crippen LogP contribution in [0.4, 0.5) is 5.69 Å². The van der Waals surface area contributed by atoms with Crippen LogP contribution >= 0.6 is 11.8 Å². The summed E-state index contributed by atoms with van der Waals surface area (Å²) in [6.07, 6.45) is 0. The molecule has 128 valence electrons. The summed E-state index contributed by atoms with van der Waals surface area (Å²) in [6.45, 7) is 5.84. The standard InChI is InChI=1S/C19H19N3O2S/c1-12-4-8-15(9-5-12)18-21-22-19(24-18)25-14(3)17(23)20-16-10-6-13(2)7-11-16/h4-11,14H,1-3H3,(H,20,23)/t14-/m1/s1. The molecule has 0 fully saturated rings. The molecule has 1 atom stereocenters. The van der Waals surface area contributed by atoms with E-state index >= 15 is 0 Å². The molecular weight excluding hydrogens is 334 g/mol. The monoisotopic (exact) mass is 353 g/mol. The molecule has 0 saturated carbocycles. The highest BCUT2D eigenvalue weighted by Gasteiger charge is 2.19.